The largest absolute Gasteiger partial charge is 0.454 e. The molecule has 0 unspecified atom stereocenters. The minimum Gasteiger partial charge on any atom is -0.454 e. The van der Waals surface area contributed by atoms with Crippen molar-refractivity contribution in [2.24, 2.45) is 5.41 Å². The predicted molar refractivity (Wildman–Crippen MR) is 80.8 cm³/mol. The summed E-state index contributed by atoms with van der Waals surface area (Å²) in [6, 6.07) is 5.19. The van der Waals surface area contributed by atoms with Gasteiger partial charge in [-0.25, -0.2) is 0 Å². The van der Waals surface area contributed by atoms with E-state index >= 15 is 0 Å². The maximum atomic E-state index is 12.5. The third-order valence-electron chi connectivity index (χ3n) is 4.13. The Bertz CT molecular complexity index is 606. The molecule has 6 heteroatoms. The van der Waals surface area contributed by atoms with Crippen molar-refractivity contribution in [3.63, 3.8) is 0 Å². The number of carbonyl (C=O) groups excluding carboxylic acids is 2. The first-order chi connectivity index (χ1) is 10.5. The highest BCUT2D eigenvalue weighted by Crippen LogP contribution is 2.34. The smallest absolute Gasteiger partial charge is 0.239 e. The summed E-state index contributed by atoms with van der Waals surface area (Å²) in [6.07, 6.45) is 2.01. The lowest BCUT2D eigenvalue weighted by molar-refractivity contribution is -0.145. The number of rotatable bonds is 3. The fourth-order valence-corrected chi connectivity index (χ4v) is 2.67. The van der Waals surface area contributed by atoms with Gasteiger partial charge in [0, 0.05) is 24.8 Å². The SMILES string of the molecule is CC(C)(C(=O)Nc1ccc2c(c1)OCO2)C(=O)N1CCCC1. The maximum Gasteiger partial charge on any atom is 0.239 e. The molecular weight excluding hydrogens is 284 g/mol. The van der Waals surface area contributed by atoms with Gasteiger partial charge in [0.15, 0.2) is 11.5 Å². The summed E-state index contributed by atoms with van der Waals surface area (Å²) in [5.74, 6) is 0.818. The van der Waals surface area contributed by atoms with Gasteiger partial charge in [0.25, 0.3) is 0 Å². The van der Waals surface area contributed by atoms with Crippen LogP contribution in [0.4, 0.5) is 5.69 Å². The van der Waals surface area contributed by atoms with Gasteiger partial charge in [-0.2, -0.15) is 0 Å². The predicted octanol–water partition coefficient (Wildman–Crippen LogP) is 2.00. The Morgan fingerprint density at radius 2 is 1.82 bits per heavy atom. The molecule has 2 amide bonds. The Balaban J connectivity index is 1.71. The van der Waals surface area contributed by atoms with E-state index in [2.05, 4.69) is 5.32 Å². The molecule has 2 aliphatic rings. The third kappa shape index (κ3) is 2.61. The Morgan fingerprint density at radius 1 is 1.14 bits per heavy atom. The molecular formula is C16H20N2O4. The molecule has 1 fully saturated rings. The summed E-state index contributed by atoms with van der Waals surface area (Å²) in [4.78, 5) is 26.8. The van der Waals surface area contributed by atoms with Gasteiger partial charge in [-0.15, -0.1) is 0 Å². The summed E-state index contributed by atoms with van der Waals surface area (Å²) < 4.78 is 10.5. The van der Waals surface area contributed by atoms with Crippen molar-refractivity contribution in [1.82, 2.24) is 4.90 Å². The quantitative estimate of drug-likeness (QED) is 0.867. The maximum absolute atomic E-state index is 12.5. The van der Waals surface area contributed by atoms with Gasteiger partial charge in [-0.05, 0) is 38.8 Å². The van der Waals surface area contributed by atoms with Crippen molar-refractivity contribution in [2.75, 3.05) is 25.2 Å². The number of hydrogen-bond acceptors (Lipinski definition) is 4. The molecule has 0 spiro atoms. The molecule has 2 aliphatic heterocycles. The van der Waals surface area contributed by atoms with Crippen molar-refractivity contribution < 1.29 is 19.1 Å². The van der Waals surface area contributed by atoms with Crippen LogP contribution in [0.2, 0.25) is 0 Å². The van der Waals surface area contributed by atoms with E-state index in [1.165, 1.54) is 0 Å². The first kappa shape index (κ1) is 14.7. The average molecular weight is 304 g/mol. The van der Waals surface area contributed by atoms with Gasteiger partial charge >= 0.3 is 0 Å². The third-order valence-corrected chi connectivity index (χ3v) is 4.13. The zero-order valence-corrected chi connectivity index (χ0v) is 12.8. The molecule has 0 aliphatic carbocycles. The summed E-state index contributed by atoms with van der Waals surface area (Å²) in [7, 11) is 0. The van der Waals surface area contributed by atoms with E-state index in [1.807, 2.05) is 0 Å². The summed E-state index contributed by atoms with van der Waals surface area (Å²) >= 11 is 0. The van der Waals surface area contributed by atoms with Crippen LogP contribution in [0.3, 0.4) is 0 Å². The van der Waals surface area contributed by atoms with E-state index < -0.39 is 5.41 Å². The molecule has 0 radical (unpaired) electrons. The number of carbonyl (C=O) groups is 2. The number of amides is 2. The lowest BCUT2D eigenvalue weighted by atomic mass is 9.90. The lowest BCUT2D eigenvalue weighted by Crippen LogP contribution is -2.46. The van der Waals surface area contributed by atoms with E-state index in [9.17, 15) is 9.59 Å². The van der Waals surface area contributed by atoms with Crippen molar-refractivity contribution in [3.8, 4) is 11.5 Å². The van der Waals surface area contributed by atoms with E-state index in [1.54, 1.807) is 36.9 Å². The fraction of sp³-hybridized carbons (Fsp3) is 0.500. The van der Waals surface area contributed by atoms with Gasteiger partial charge in [0.1, 0.15) is 5.41 Å². The zero-order valence-electron chi connectivity index (χ0n) is 12.8. The number of hydrogen-bond donors (Lipinski definition) is 1. The van der Waals surface area contributed by atoms with Crippen LogP contribution >= 0.6 is 0 Å². The second-order valence-electron chi connectivity index (χ2n) is 6.15. The molecule has 1 N–H and O–H groups in total. The van der Waals surface area contributed by atoms with Crippen molar-refractivity contribution in [2.45, 2.75) is 26.7 Å². The summed E-state index contributed by atoms with van der Waals surface area (Å²) in [6.45, 7) is 4.98. The molecule has 0 bridgehead atoms. The highest BCUT2D eigenvalue weighted by molar-refractivity contribution is 6.10. The highest BCUT2D eigenvalue weighted by atomic mass is 16.7. The number of fused-ring (bicyclic) bond motifs is 1. The van der Waals surface area contributed by atoms with Crippen LogP contribution in [0.25, 0.3) is 0 Å². The van der Waals surface area contributed by atoms with E-state index in [-0.39, 0.29) is 18.6 Å². The highest BCUT2D eigenvalue weighted by Gasteiger charge is 2.40. The van der Waals surface area contributed by atoms with Crippen molar-refractivity contribution in [1.29, 1.82) is 0 Å². The van der Waals surface area contributed by atoms with Crippen LogP contribution in [0, 0.1) is 5.41 Å². The Morgan fingerprint density at radius 3 is 2.55 bits per heavy atom. The van der Waals surface area contributed by atoms with Crippen LogP contribution in [0.1, 0.15) is 26.7 Å². The van der Waals surface area contributed by atoms with Crippen LogP contribution in [-0.4, -0.2) is 36.6 Å². The van der Waals surface area contributed by atoms with Gasteiger partial charge in [0.2, 0.25) is 18.6 Å². The number of benzene rings is 1. The van der Waals surface area contributed by atoms with E-state index in [4.69, 9.17) is 9.47 Å². The monoisotopic (exact) mass is 304 g/mol. The van der Waals surface area contributed by atoms with Crippen LogP contribution < -0.4 is 14.8 Å². The topological polar surface area (TPSA) is 67.9 Å². The second kappa shape index (κ2) is 5.51. The minimum atomic E-state index is -1.10. The molecule has 0 saturated carbocycles. The number of nitrogens with zero attached hydrogens (tertiary/aromatic N) is 1. The van der Waals surface area contributed by atoms with Crippen LogP contribution in [0.15, 0.2) is 18.2 Å². The molecule has 2 heterocycles. The Labute approximate surface area is 129 Å². The molecule has 0 atom stereocenters. The van der Waals surface area contributed by atoms with Gasteiger partial charge in [0.05, 0.1) is 0 Å². The molecule has 3 rings (SSSR count). The number of nitrogens with one attached hydrogen (secondary N) is 1. The first-order valence-electron chi connectivity index (χ1n) is 7.49. The number of anilines is 1. The molecule has 1 saturated heterocycles. The van der Waals surface area contributed by atoms with Crippen molar-refractivity contribution >= 4 is 17.5 Å². The van der Waals surface area contributed by atoms with Gasteiger partial charge in [-0.3, -0.25) is 9.59 Å². The normalized spacial score (nSPS) is 16.7. The fourth-order valence-electron chi connectivity index (χ4n) is 2.67. The summed E-state index contributed by atoms with van der Waals surface area (Å²) in [5.41, 5.74) is -0.502. The molecule has 0 aromatic heterocycles. The molecule has 1 aromatic carbocycles. The number of likely N-dealkylation sites (tertiary alicyclic amines) is 1. The minimum absolute atomic E-state index is 0.122. The van der Waals surface area contributed by atoms with Crippen LogP contribution in [0.5, 0.6) is 11.5 Å². The molecule has 1 aromatic rings. The Hall–Kier alpha value is -2.24. The Kier molecular flexibility index (Phi) is 3.68. The van der Waals surface area contributed by atoms with E-state index in [0.717, 1.165) is 25.9 Å². The first-order valence-corrected chi connectivity index (χ1v) is 7.49. The van der Waals surface area contributed by atoms with E-state index in [0.29, 0.717) is 17.2 Å². The lowest BCUT2D eigenvalue weighted by Gasteiger charge is -2.28. The average Bonchev–Trinajstić information content (AvgIpc) is 3.17. The molecule has 118 valence electrons. The zero-order chi connectivity index (χ0) is 15.7. The molecule has 22 heavy (non-hydrogen) atoms. The molecule has 6 nitrogen and oxygen atoms in total. The standard InChI is InChI=1S/C16H20N2O4/c1-16(2,15(20)18-7-3-4-8-18)14(19)17-11-5-6-12-13(9-11)22-10-21-12/h5-6,9H,3-4,7-8,10H2,1-2H3,(H,17,19). The second-order valence-corrected chi connectivity index (χ2v) is 6.15. The van der Waals surface area contributed by atoms with Gasteiger partial charge in [-0.1, -0.05) is 0 Å². The van der Waals surface area contributed by atoms with Crippen molar-refractivity contribution in [3.05, 3.63) is 18.2 Å². The summed E-state index contributed by atoms with van der Waals surface area (Å²) in [5, 5.41) is 2.79. The van der Waals surface area contributed by atoms with Crippen LogP contribution in [-0.2, 0) is 9.59 Å². The number of ether oxygens (including phenoxy) is 2. The van der Waals surface area contributed by atoms with Gasteiger partial charge < -0.3 is 19.7 Å².